The maximum Gasteiger partial charge on any atom is 0.148 e. The molecule has 1 aliphatic carbocycles. The maximum absolute atomic E-state index is 5.01. The zero-order valence-electron chi connectivity index (χ0n) is 13.4. The number of nitrogens with zero attached hydrogens (tertiary/aromatic N) is 4. The predicted molar refractivity (Wildman–Crippen MR) is 95.4 cm³/mol. The molecule has 0 N–H and O–H groups in total. The van der Waals surface area contributed by atoms with E-state index in [-0.39, 0.29) is 0 Å². The molecule has 4 aromatic rings. The van der Waals surface area contributed by atoms with Crippen LogP contribution < -0.4 is 0 Å². The molecule has 0 saturated heterocycles. The molecule has 0 spiro atoms. The Labute approximate surface area is 140 Å². The van der Waals surface area contributed by atoms with Gasteiger partial charge in [0.15, 0.2) is 0 Å². The van der Waals surface area contributed by atoms with Gasteiger partial charge >= 0.3 is 0 Å². The minimum Gasteiger partial charge on any atom is -0.300 e. The second-order valence-electron chi connectivity index (χ2n) is 6.52. The van der Waals surface area contributed by atoms with Crippen molar-refractivity contribution in [2.24, 2.45) is 0 Å². The number of rotatable bonds is 2. The number of benzene rings is 1. The van der Waals surface area contributed by atoms with Gasteiger partial charge in [-0.2, -0.15) is 0 Å². The number of hydrogen-bond acceptors (Lipinski definition) is 3. The van der Waals surface area contributed by atoms with Crippen LogP contribution in [-0.4, -0.2) is 19.5 Å². The van der Waals surface area contributed by atoms with Gasteiger partial charge in [-0.15, -0.1) is 0 Å². The normalized spacial score (nSPS) is 15.5. The molecule has 5 rings (SSSR count). The van der Waals surface area contributed by atoms with Gasteiger partial charge in [-0.1, -0.05) is 25.0 Å². The molecule has 24 heavy (non-hydrogen) atoms. The fourth-order valence-corrected chi connectivity index (χ4v) is 3.79. The minimum absolute atomic E-state index is 0.497. The van der Waals surface area contributed by atoms with Gasteiger partial charge in [0.2, 0.25) is 0 Å². The summed E-state index contributed by atoms with van der Waals surface area (Å²) in [5.41, 5.74) is 2.16. The SMILES string of the molecule is c1ccc2c(-n3ccc4cnccc43)nc(C3CCCC3)nc2c1. The van der Waals surface area contributed by atoms with Gasteiger partial charge in [-0.25, -0.2) is 9.97 Å². The van der Waals surface area contributed by atoms with Crippen LogP contribution in [-0.2, 0) is 0 Å². The third-order valence-electron chi connectivity index (χ3n) is 5.04. The summed E-state index contributed by atoms with van der Waals surface area (Å²) in [5, 5.41) is 2.22. The zero-order chi connectivity index (χ0) is 15.9. The molecule has 0 amide bonds. The lowest BCUT2D eigenvalue weighted by molar-refractivity contribution is 0.669. The lowest BCUT2D eigenvalue weighted by Gasteiger charge is -2.14. The first-order chi connectivity index (χ1) is 11.9. The number of fused-ring (bicyclic) bond motifs is 2. The van der Waals surface area contributed by atoms with Crippen molar-refractivity contribution in [1.82, 2.24) is 19.5 Å². The fraction of sp³-hybridized carbons (Fsp3) is 0.250. The highest BCUT2D eigenvalue weighted by molar-refractivity contribution is 5.89. The molecule has 0 atom stereocenters. The van der Waals surface area contributed by atoms with E-state index in [1.165, 1.54) is 25.7 Å². The first kappa shape index (κ1) is 13.7. The molecule has 3 aromatic heterocycles. The molecular formula is C20H18N4. The van der Waals surface area contributed by atoms with Crippen LogP contribution in [0.25, 0.3) is 27.6 Å². The quantitative estimate of drug-likeness (QED) is 0.542. The zero-order valence-corrected chi connectivity index (χ0v) is 13.4. The largest absolute Gasteiger partial charge is 0.300 e. The number of pyridine rings is 1. The summed E-state index contributed by atoms with van der Waals surface area (Å²) in [5.74, 6) is 2.47. The first-order valence-electron chi connectivity index (χ1n) is 8.58. The Morgan fingerprint density at radius 2 is 1.83 bits per heavy atom. The Bertz CT molecular complexity index is 1030. The second-order valence-corrected chi connectivity index (χ2v) is 6.52. The highest BCUT2D eigenvalue weighted by atomic mass is 15.1. The monoisotopic (exact) mass is 314 g/mol. The second kappa shape index (κ2) is 5.41. The van der Waals surface area contributed by atoms with Crippen molar-refractivity contribution < 1.29 is 0 Å². The van der Waals surface area contributed by atoms with Gasteiger partial charge in [0.1, 0.15) is 11.6 Å². The van der Waals surface area contributed by atoms with E-state index in [1.807, 2.05) is 18.5 Å². The van der Waals surface area contributed by atoms with Crippen molar-refractivity contribution in [3.05, 3.63) is 60.8 Å². The minimum atomic E-state index is 0.497. The molecule has 118 valence electrons. The molecular weight excluding hydrogens is 296 g/mol. The Hall–Kier alpha value is -2.75. The Morgan fingerprint density at radius 1 is 0.958 bits per heavy atom. The molecule has 1 aliphatic rings. The lowest BCUT2D eigenvalue weighted by Crippen LogP contribution is -2.06. The van der Waals surface area contributed by atoms with E-state index >= 15 is 0 Å². The number of aromatic nitrogens is 4. The van der Waals surface area contributed by atoms with Crippen LogP contribution in [0.5, 0.6) is 0 Å². The highest BCUT2D eigenvalue weighted by Gasteiger charge is 2.22. The standard InChI is InChI=1S/C20H18N4/c1-2-6-14(5-1)19-22-17-8-4-3-7-16(17)20(23-19)24-12-10-15-13-21-11-9-18(15)24/h3-4,7-14H,1-2,5-6H2. The smallest absolute Gasteiger partial charge is 0.148 e. The molecule has 0 aliphatic heterocycles. The van der Waals surface area contributed by atoms with Crippen molar-refractivity contribution in [3.8, 4) is 5.82 Å². The summed E-state index contributed by atoms with van der Waals surface area (Å²) in [6.45, 7) is 0. The lowest BCUT2D eigenvalue weighted by atomic mass is 10.1. The van der Waals surface area contributed by atoms with E-state index in [1.54, 1.807) is 0 Å². The van der Waals surface area contributed by atoms with E-state index in [0.29, 0.717) is 5.92 Å². The van der Waals surface area contributed by atoms with Gasteiger partial charge in [0.05, 0.1) is 11.0 Å². The summed E-state index contributed by atoms with van der Waals surface area (Å²) in [6, 6.07) is 12.4. The van der Waals surface area contributed by atoms with Crippen LogP contribution in [0, 0.1) is 0 Å². The first-order valence-corrected chi connectivity index (χ1v) is 8.58. The third kappa shape index (κ3) is 2.10. The molecule has 4 heteroatoms. The number of hydrogen-bond donors (Lipinski definition) is 0. The third-order valence-corrected chi connectivity index (χ3v) is 5.04. The van der Waals surface area contributed by atoms with Crippen LogP contribution in [0.2, 0.25) is 0 Å². The summed E-state index contributed by atoms with van der Waals surface area (Å²) in [7, 11) is 0. The number of para-hydroxylation sites is 1. The van der Waals surface area contributed by atoms with Crippen LogP contribution >= 0.6 is 0 Å². The molecule has 1 fully saturated rings. The Kier molecular flexibility index (Phi) is 3.08. The predicted octanol–water partition coefficient (Wildman–Crippen LogP) is 4.63. The van der Waals surface area contributed by atoms with Gasteiger partial charge in [0.25, 0.3) is 0 Å². The molecule has 0 bridgehead atoms. The molecule has 0 radical (unpaired) electrons. The van der Waals surface area contributed by atoms with Crippen molar-refractivity contribution >= 4 is 21.8 Å². The Morgan fingerprint density at radius 3 is 2.75 bits per heavy atom. The van der Waals surface area contributed by atoms with E-state index in [2.05, 4.69) is 46.1 Å². The van der Waals surface area contributed by atoms with Crippen molar-refractivity contribution in [1.29, 1.82) is 0 Å². The average Bonchev–Trinajstić information content (AvgIpc) is 3.31. The summed E-state index contributed by atoms with van der Waals surface area (Å²) in [4.78, 5) is 14.1. The topological polar surface area (TPSA) is 43.6 Å². The van der Waals surface area contributed by atoms with Crippen LogP contribution in [0.4, 0.5) is 0 Å². The summed E-state index contributed by atoms with van der Waals surface area (Å²) < 4.78 is 2.17. The van der Waals surface area contributed by atoms with Crippen LogP contribution in [0.1, 0.15) is 37.4 Å². The molecule has 0 unspecified atom stereocenters. The average molecular weight is 314 g/mol. The molecule has 4 nitrogen and oxygen atoms in total. The van der Waals surface area contributed by atoms with E-state index in [9.17, 15) is 0 Å². The highest BCUT2D eigenvalue weighted by Crippen LogP contribution is 2.34. The van der Waals surface area contributed by atoms with E-state index in [4.69, 9.17) is 9.97 Å². The van der Waals surface area contributed by atoms with E-state index in [0.717, 1.165) is 33.4 Å². The summed E-state index contributed by atoms with van der Waals surface area (Å²) in [6.07, 6.45) is 10.8. The van der Waals surface area contributed by atoms with Crippen molar-refractivity contribution in [2.75, 3.05) is 0 Å². The molecule has 3 heterocycles. The van der Waals surface area contributed by atoms with Crippen LogP contribution in [0.15, 0.2) is 55.0 Å². The van der Waals surface area contributed by atoms with Gasteiger partial charge in [-0.05, 0) is 37.1 Å². The summed E-state index contributed by atoms with van der Waals surface area (Å²) >= 11 is 0. The van der Waals surface area contributed by atoms with Gasteiger partial charge in [-0.3, -0.25) is 4.98 Å². The molecule has 1 aromatic carbocycles. The van der Waals surface area contributed by atoms with Gasteiger partial charge in [0, 0.05) is 35.3 Å². The van der Waals surface area contributed by atoms with Gasteiger partial charge < -0.3 is 4.57 Å². The van der Waals surface area contributed by atoms with Crippen LogP contribution in [0.3, 0.4) is 0 Å². The van der Waals surface area contributed by atoms with E-state index < -0.39 is 0 Å². The van der Waals surface area contributed by atoms with Crippen molar-refractivity contribution in [3.63, 3.8) is 0 Å². The fourth-order valence-electron chi connectivity index (χ4n) is 3.79. The maximum atomic E-state index is 5.01. The van der Waals surface area contributed by atoms with Crippen molar-refractivity contribution in [2.45, 2.75) is 31.6 Å². The molecule has 1 saturated carbocycles. The Balaban J connectivity index is 1.79.